The molecule has 0 spiro atoms. The van der Waals surface area contributed by atoms with Crippen LogP contribution in [0.25, 0.3) is 0 Å². The second-order valence-corrected chi connectivity index (χ2v) is 6.45. The Balaban J connectivity index is 2.72. The monoisotopic (exact) mass is 299 g/mol. The van der Waals surface area contributed by atoms with Crippen molar-refractivity contribution in [1.29, 1.82) is 0 Å². The standard InChI is InChI=1S/C13H21N3O3S/c1-10(2)16-20(18,19)12-7-5-11(6-8-12)15-13(17)4-3-9-14/h5-8,10,16H,3-4,9,14H2,1-2H3,(H,15,17). The molecule has 0 aliphatic rings. The summed E-state index contributed by atoms with van der Waals surface area (Å²) >= 11 is 0. The molecule has 0 fully saturated rings. The number of amides is 1. The Morgan fingerprint density at radius 3 is 2.35 bits per heavy atom. The van der Waals surface area contributed by atoms with Gasteiger partial charge in [-0.05, 0) is 51.1 Å². The van der Waals surface area contributed by atoms with Crippen molar-refractivity contribution in [3.8, 4) is 0 Å². The van der Waals surface area contributed by atoms with Gasteiger partial charge < -0.3 is 11.1 Å². The van der Waals surface area contributed by atoms with Crippen LogP contribution in [0, 0.1) is 0 Å². The SMILES string of the molecule is CC(C)NS(=O)(=O)c1ccc(NC(=O)CCCN)cc1. The highest BCUT2D eigenvalue weighted by Crippen LogP contribution is 2.14. The average molecular weight is 299 g/mol. The van der Waals surface area contributed by atoms with Gasteiger partial charge in [-0.25, -0.2) is 13.1 Å². The lowest BCUT2D eigenvalue weighted by molar-refractivity contribution is -0.116. The number of hydrogen-bond donors (Lipinski definition) is 3. The molecule has 0 aliphatic heterocycles. The van der Waals surface area contributed by atoms with E-state index in [2.05, 4.69) is 10.0 Å². The van der Waals surface area contributed by atoms with Gasteiger partial charge in [-0.1, -0.05) is 0 Å². The van der Waals surface area contributed by atoms with Gasteiger partial charge >= 0.3 is 0 Å². The van der Waals surface area contributed by atoms with Gasteiger partial charge in [-0.2, -0.15) is 0 Å². The first-order valence-electron chi connectivity index (χ1n) is 6.47. The molecular weight excluding hydrogens is 278 g/mol. The fraction of sp³-hybridized carbons (Fsp3) is 0.462. The zero-order chi connectivity index (χ0) is 15.2. The van der Waals surface area contributed by atoms with Crippen LogP contribution in [-0.2, 0) is 14.8 Å². The zero-order valence-electron chi connectivity index (χ0n) is 11.7. The summed E-state index contributed by atoms with van der Waals surface area (Å²) < 4.78 is 26.3. The number of sulfonamides is 1. The first-order chi connectivity index (χ1) is 9.35. The number of benzene rings is 1. The van der Waals surface area contributed by atoms with Crippen molar-refractivity contribution in [2.45, 2.75) is 37.6 Å². The number of hydrogen-bond acceptors (Lipinski definition) is 4. The lowest BCUT2D eigenvalue weighted by Crippen LogP contribution is -2.30. The van der Waals surface area contributed by atoms with Crippen LogP contribution in [0.5, 0.6) is 0 Å². The average Bonchev–Trinajstić information content (AvgIpc) is 2.35. The summed E-state index contributed by atoms with van der Waals surface area (Å²) in [5, 5.41) is 2.69. The van der Waals surface area contributed by atoms with Crippen molar-refractivity contribution >= 4 is 21.6 Å². The zero-order valence-corrected chi connectivity index (χ0v) is 12.5. The van der Waals surface area contributed by atoms with Crippen LogP contribution in [0.3, 0.4) is 0 Å². The van der Waals surface area contributed by atoms with E-state index in [0.29, 0.717) is 25.1 Å². The second-order valence-electron chi connectivity index (χ2n) is 4.74. The maximum absolute atomic E-state index is 11.9. The first-order valence-corrected chi connectivity index (χ1v) is 7.96. The molecule has 6 nitrogen and oxygen atoms in total. The van der Waals surface area contributed by atoms with Crippen LogP contribution in [0.1, 0.15) is 26.7 Å². The topological polar surface area (TPSA) is 101 Å². The summed E-state index contributed by atoms with van der Waals surface area (Å²) in [7, 11) is -3.50. The van der Waals surface area contributed by atoms with Gasteiger partial charge in [0.15, 0.2) is 0 Å². The molecule has 112 valence electrons. The molecule has 1 aromatic rings. The molecule has 7 heteroatoms. The van der Waals surface area contributed by atoms with Crippen molar-refractivity contribution in [2.24, 2.45) is 5.73 Å². The molecule has 0 heterocycles. The molecule has 1 rings (SSSR count). The highest BCUT2D eigenvalue weighted by molar-refractivity contribution is 7.89. The molecule has 4 N–H and O–H groups in total. The summed E-state index contributed by atoms with van der Waals surface area (Å²) in [6.07, 6.45) is 0.974. The lowest BCUT2D eigenvalue weighted by atomic mass is 10.2. The summed E-state index contributed by atoms with van der Waals surface area (Å²) in [4.78, 5) is 11.7. The molecule has 0 saturated heterocycles. The minimum atomic E-state index is -3.50. The Hall–Kier alpha value is -1.44. The number of nitrogens with one attached hydrogen (secondary N) is 2. The molecule has 0 unspecified atom stereocenters. The summed E-state index contributed by atoms with van der Waals surface area (Å²) in [5.41, 5.74) is 5.89. The van der Waals surface area contributed by atoms with Crippen molar-refractivity contribution in [1.82, 2.24) is 4.72 Å². The molecule has 1 aromatic carbocycles. The predicted octanol–water partition coefficient (Wildman–Crippen LogP) is 1.05. The van der Waals surface area contributed by atoms with E-state index in [1.165, 1.54) is 12.1 Å². The van der Waals surface area contributed by atoms with Gasteiger partial charge in [0.2, 0.25) is 15.9 Å². The van der Waals surface area contributed by atoms with E-state index in [4.69, 9.17) is 5.73 Å². The van der Waals surface area contributed by atoms with Gasteiger partial charge in [0, 0.05) is 18.2 Å². The second kappa shape index (κ2) is 7.37. The molecule has 20 heavy (non-hydrogen) atoms. The molecule has 0 radical (unpaired) electrons. The van der Waals surface area contributed by atoms with Crippen LogP contribution < -0.4 is 15.8 Å². The van der Waals surface area contributed by atoms with E-state index in [1.807, 2.05) is 0 Å². The maximum atomic E-state index is 11.9. The molecule has 0 saturated carbocycles. The first kappa shape index (κ1) is 16.6. The quantitative estimate of drug-likeness (QED) is 0.700. The summed E-state index contributed by atoms with van der Waals surface area (Å²) in [6, 6.07) is 5.88. The van der Waals surface area contributed by atoms with E-state index in [0.717, 1.165) is 0 Å². The van der Waals surface area contributed by atoms with Crippen LogP contribution in [0.2, 0.25) is 0 Å². The highest BCUT2D eigenvalue weighted by Gasteiger charge is 2.15. The third-order valence-electron chi connectivity index (χ3n) is 2.45. The van der Waals surface area contributed by atoms with Crippen LogP contribution in [-0.4, -0.2) is 26.9 Å². The number of carbonyl (C=O) groups excluding carboxylic acids is 1. The van der Waals surface area contributed by atoms with Gasteiger partial charge in [-0.3, -0.25) is 4.79 Å². The molecular formula is C13H21N3O3S. The van der Waals surface area contributed by atoms with Crippen LogP contribution in [0.15, 0.2) is 29.2 Å². The highest BCUT2D eigenvalue weighted by atomic mass is 32.2. The van der Waals surface area contributed by atoms with Crippen molar-refractivity contribution in [3.63, 3.8) is 0 Å². The minimum Gasteiger partial charge on any atom is -0.330 e. The molecule has 0 aromatic heterocycles. The van der Waals surface area contributed by atoms with Gasteiger partial charge in [0.1, 0.15) is 0 Å². The number of rotatable bonds is 7. The Bertz CT molecular complexity index is 538. The molecule has 1 amide bonds. The van der Waals surface area contributed by atoms with Crippen LogP contribution in [0.4, 0.5) is 5.69 Å². The normalized spacial score (nSPS) is 11.6. The van der Waals surface area contributed by atoms with E-state index in [9.17, 15) is 13.2 Å². The third kappa shape index (κ3) is 5.28. The smallest absolute Gasteiger partial charge is 0.240 e. The Morgan fingerprint density at radius 1 is 1.25 bits per heavy atom. The minimum absolute atomic E-state index is 0.133. The summed E-state index contributed by atoms with van der Waals surface area (Å²) in [6.45, 7) is 3.97. The van der Waals surface area contributed by atoms with Crippen LogP contribution >= 0.6 is 0 Å². The van der Waals surface area contributed by atoms with Gasteiger partial charge in [0.25, 0.3) is 0 Å². The largest absolute Gasteiger partial charge is 0.330 e. The van der Waals surface area contributed by atoms with Crippen molar-refractivity contribution < 1.29 is 13.2 Å². The predicted molar refractivity (Wildman–Crippen MR) is 78.8 cm³/mol. The Kier molecular flexibility index (Phi) is 6.12. The maximum Gasteiger partial charge on any atom is 0.240 e. The fourth-order valence-electron chi connectivity index (χ4n) is 1.58. The van der Waals surface area contributed by atoms with E-state index in [1.54, 1.807) is 26.0 Å². The van der Waals surface area contributed by atoms with Gasteiger partial charge in [-0.15, -0.1) is 0 Å². The molecule has 0 atom stereocenters. The molecule has 0 bridgehead atoms. The van der Waals surface area contributed by atoms with Crippen molar-refractivity contribution in [3.05, 3.63) is 24.3 Å². The van der Waals surface area contributed by atoms with E-state index in [-0.39, 0.29) is 16.8 Å². The van der Waals surface area contributed by atoms with Gasteiger partial charge in [0.05, 0.1) is 4.90 Å². The lowest BCUT2D eigenvalue weighted by Gasteiger charge is -2.10. The van der Waals surface area contributed by atoms with E-state index < -0.39 is 10.0 Å². The molecule has 0 aliphatic carbocycles. The Labute approximate surface area is 119 Å². The third-order valence-corrected chi connectivity index (χ3v) is 4.12. The number of carbonyl (C=O) groups is 1. The Morgan fingerprint density at radius 2 is 1.85 bits per heavy atom. The summed E-state index contributed by atoms with van der Waals surface area (Å²) in [5.74, 6) is -0.133. The number of anilines is 1. The fourth-order valence-corrected chi connectivity index (χ4v) is 2.83. The van der Waals surface area contributed by atoms with Crippen molar-refractivity contribution in [2.75, 3.05) is 11.9 Å². The van der Waals surface area contributed by atoms with E-state index >= 15 is 0 Å². The number of nitrogens with two attached hydrogens (primary N) is 1.